The van der Waals surface area contributed by atoms with E-state index in [1.165, 1.54) is 87.9 Å². The van der Waals surface area contributed by atoms with Crippen LogP contribution in [-0.4, -0.2) is 143 Å². The zero-order valence-corrected chi connectivity index (χ0v) is 80.6. The van der Waals surface area contributed by atoms with Gasteiger partial charge < -0.3 is 117 Å². The smallest absolute Gasteiger partial charge is 0.335 e. The Morgan fingerprint density at radius 1 is 0.234 bits per heavy atom. The molecule has 0 bridgehead atoms. The predicted octanol–water partition coefficient (Wildman–Crippen LogP) is 2.94. The fraction of sp³-hybridized carbons (Fsp3) is 0.183. The number of carbonyl (C=O) groups excluding carboxylic acids is 9. The average molecular weight is 2010 g/mol. The number of hydrogen-bond acceptors (Lipinski definition) is 36. The zero-order chi connectivity index (χ0) is 106. The molecule has 0 saturated heterocycles. The fourth-order valence-corrected chi connectivity index (χ4v) is 15.0. The van der Waals surface area contributed by atoms with Crippen LogP contribution in [0.3, 0.4) is 0 Å². The number of carbonyl (C=O) groups is 10. The Balaban J connectivity index is 0.00000149. The van der Waals surface area contributed by atoms with Crippen molar-refractivity contribution in [2.45, 2.75) is 147 Å². The third-order valence-corrected chi connectivity index (χ3v) is 23.2. The van der Waals surface area contributed by atoms with E-state index in [1.807, 2.05) is 91.8 Å². The van der Waals surface area contributed by atoms with Crippen LogP contribution in [0.5, 0.6) is 0 Å². The lowest BCUT2D eigenvalue weighted by Gasteiger charge is -2.15. The fourth-order valence-electron chi connectivity index (χ4n) is 10.8. The van der Waals surface area contributed by atoms with E-state index < -0.39 is 172 Å². The molecule has 0 aliphatic carbocycles. The molecule has 0 unspecified atom stereocenters. The first-order valence-electron chi connectivity index (χ1n) is 38.6. The molecule has 738 valence electrons. The van der Waals surface area contributed by atoms with E-state index in [0.29, 0.717) is 22.3 Å². The number of benzene rings is 11. The molecule has 137 heavy (non-hydrogen) atoms. The van der Waals surface area contributed by atoms with Crippen molar-refractivity contribution in [2.24, 2.45) is 0 Å². The van der Waals surface area contributed by atoms with Gasteiger partial charge in [0, 0.05) is 38.9 Å². The summed E-state index contributed by atoms with van der Waals surface area (Å²) in [7, 11) is -28.1. The normalized spacial score (nSPS) is 10.5. The summed E-state index contributed by atoms with van der Waals surface area (Å²) in [6, 6.07) is 51.4. The number of aromatic carboxylic acids is 10. The quantitative estimate of drug-likeness (QED) is 0.131. The summed E-state index contributed by atoms with van der Waals surface area (Å²) >= 11 is 0. The third kappa shape index (κ3) is 42.8. The van der Waals surface area contributed by atoms with Crippen LogP contribution in [0.2, 0.25) is 0 Å². The van der Waals surface area contributed by atoms with Gasteiger partial charge in [0.1, 0.15) is 55.5 Å². The number of aryl methyl sites for hydroxylation is 14. The van der Waals surface area contributed by atoms with Crippen molar-refractivity contribution in [1.82, 2.24) is 0 Å². The minimum atomic E-state index is -4.78. The number of carboxylic acids is 10. The predicted molar refractivity (Wildman–Crippen MR) is 469 cm³/mol. The summed E-state index contributed by atoms with van der Waals surface area (Å²) in [5.74, 6) is -13.9. The van der Waals surface area contributed by atoms with Gasteiger partial charge in [0.15, 0.2) is 0 Å². The maximum Gasteiger partial charge on any atom is 0.335 e. The van der Waals surface area contributed by atoms with Crippen LogP contribution >= 0.6 is 0 Å². The Hall–Kier alpha value is -14.4. The molecule has 38 nitrogen and oxygen atoms in total. The highest BCUT2D eigenvalue weighted by Crippen LogP contribution is 2.24. The first kappa shape index (κ1) is 123. The van der Waals surface area contributed by atoms with Crippen LogP contribution in [-0.2, 0) is 60.7 Å². The van der Waals surface area contributed by atoms with Gasteiger partial charge in [0.05, 0.1) is 83.8 Å². The summed E-state index contributed by atoms with van der Waals surface area (Å²) in [6.45, 7) is 29.8. The van der Waals surface area contributed by atoms with Crippen molar-refractivity contribution >= 4 is 120 Å². The van der Waals surface area contributed by atoms with Crippen molar-refractivity contribution in [3.05, 3.63) is 351 Å². The molecule has 0 heterocycles. The molecule has 0 amide bonds. The maximum absolute atomic E-state index is 10.8. The van der Waals surface area contributed by atoms with Crippen molar-refractivity contribution in [1.29, 1.82) is 0 Å². The van der Waals surface area contributed by atoms with Crippen LogP contribution < -0.4 is 46.0 Å². The summed E-state index contributed by atoms with van der Waals surface area (Å²) in [5, 5.41) is 103. The molecule has 0 radical (unpaired) electrons. The number of hydrogen-bond donors (Lipinski definition) is 2. The minimum Gasteiger partial charge on any atom is -0.744 e. The summed E-state index contributed by atoms with van der Waals surface area (Å²) in [5.41, 5.74) is 9.10. The molecule has 2 N–H and O–H groups in total. The van der Waals surface area contributed by atoms with Gasteiger partial charge in [0.2, 0.25) is 0 Å². The Morgan fingerprint density at radius 2 is 0.642 bits per heavy atom. The highest BCUT2D eigenvalue weighted by atomic mass is 32.2. The minimum absolute atomic E-state index is 0.0988. The third-order valence-electron chi connectivity index (χ3n) is 17.6. The monoisotopic (exact) mass is 2000 g/mol. The second-order valence-corrected chi connectivity index (χ2v) is 36.5. The topological polar surface area (TPSA) is 739 Å². The van der Waals surface area contributed by atoms with Crippen molar-refractivity contribution < 1.29 is 177 Å². The maximum atomic E-state index is 10.8. The van der Waals surface area contributed by atoms with E-state index >= 15 is 0 Å². The second kappa shape index (κ2) is 54.8. The number of carboxylic acid groups (broad SMARTS) is 10. The molecule has 0 atom stereocenters. The van der Waals surface area contributed by atoms with Crippen LogP contribution in [0.25, 0.3) is 0 Å². The molecule has 0 fully saturated rings. The average Bonchev–Trinajstić information content (AvgIpc) is 0.712. The molecule has 0 saturated carbocycles. The highest BCUT2D eigenvalue weighted by molar-refractivity contribution is 7.87. The van der Waals surface area contributed by atoms with Crippen molar-refractivity contribution in [3.63, 3.8) is 0 Å². The molecule has 44 heteroatoms. The van der Waals surface area contributed by atoms with Crippen LogP contribution in [0.4, 0.5) is 0 Å². The van der Waals surface area contributed by atoms with Crippen LogP contribution in [0.1, 0.15) is 201 Å². The SMILES string of the molecule is CC.Cc1cc(C)cc(C(=O)O)c1.Cc1ccc(C(=O)[O-])c(C)c1.Cc1ccc(C(=O)[O-])c(S(=O)(=O)[O-])c1.Cc1ccc(C(=O)[O-])cc1C.Cc1ccc(C(=O)[O-])cc1S(=O)(=O)[O-].Cc1ccc(S(=O)(=O)[O-])c(C(=O)[O-])c1.Cc1ccc(S(=O)(=O)[O-])cc1C(=O)[O-].Cc1cccc(C(=O)[O-])c1C.Cc1cccc(C(=O)[O-])c1S(=O)(=O)[O-].Cc1cccc(S(=O)(=O)O)c1C(=O)[O-].Cc1ccccc1. The second-order valence-electron chi connectivity index (χ2n) is 28.4. The van der Waals surface area contributed by atoms with E-state index in [4.69, 9.17) is 9.66 Å². The van der Waals surface area contributed by atoms with Gasteiger partial charge in [-0.2, -0.15) is 8.42 Å². The Bertz CT molecular complexity index is 6930. The van der Waals surface area contributed by atoms with Crippen molar-refractivity contribution in [2.75, 3.05) is 0 Å². The van der Waals surface area contributed by atoms with Gasteiger partial charge in [-0.1, -0.05) is 193 Å². The zero-order valence-electron chi connectivity index (χ0n) is 75.7. The van der Waals surface area contributed by atoms with Gasteiger partial charge in [-0.05, 0) is 231 Å². The lowest BCUT2D eigenvalue weighted by molar-refractivity contribution is -0.256. The molecular weight excluding hydrogens is 1920 g/mol. The van der Waals surface area contributed by atoms with Gasteiger partial charge >= 0.3 is 5.97 Å². The molecule has 0 spiro atoms. The lowest BCUT2D eigenvalue weighted by Crippen LogP contribution is -2.25. The summed E-state index contributed by atoms with van der Waals surface area (Å²) in [4.78, 5) is 101. The first-order chi connectivity index (χ1) is 62.8. The van der Waals surface area contributed by atoms with Crippen LogP contribution in [0, 0.1) is 104 Å². The molecule has 11 aromatic carbocycles. The molecule has 0 aliphatic heterocycles. The van der Waals surface area contributed by atoms with Gasteiger partial charge in [0.25, 0.3) is 10.1 Å². The van der Waals surface area contributed by atoms with E-state index in [0.717, 1.165) is 99.1 Å². The standard InChI is InChI=1S/4C9H10O2.6C8H8O5S.C7H8.C2H6/c1-6-3-7(2)5-8(4-6)9(10)11;1-6-3-4-8(9(10)11)5-7(6)2;1-6-3-4-8(9(10)11)7(2)5-6;1-6-4-3-5-8(7(6)2)9(10)11;1-5-2-3-6(14(11,12)13)4-7(5)8(9)10;1-5-2-3-6(8(9)10)4-7(5)14(11,12)13;1-5-2-3-7(14(11,12)13)6(4-5)8(9)10;1-5-2-3-6(8(9)10)7(4-5)14(11,12)13;1-5-3-2-4-6(14(11,12)13)7(5)8(9)10;1-5-3-2-4-6(8(9)10)7(5)14(11,12)13;1-7-5-3-2-4-6-7;1-2/h4*3-5H,1-2H3,(H,10,11);6*2-4H,1H3,(H,9,10)(H,11,12,13);2-6H,1H3;1-2H3/p-14. The molecule has 0 aliphatic rings. The highest BCUT2D eigenvalue weighted by Gasteiger charge is 2.19. The van der Waals surface area contributed by atoms with Gasteiger partial charge in [-0.15, -0.1) is 0 Å². The van der Waals surface area contributed by atoms with Gasteiger partial charge in [-0.25, -0.2) is 46.9 Å². The van der Waals surface area contributed by atoms with Crippen LogP contribution in [0.15, 0.2) is 242 Å². The first-order valence-corrected chi connectivity index (χ1v) is 47.1. The Kier molecular flexibility index (Phi) is 49.0. The van der Waals surface area contributed by atoms with E-state index in [1.54, 1.807) is 82.3 Å². The molecule has 11 rings (SSSR count). The summed E-state index contributed by atoms with van der Waals surface area (Å²) in [6.07, 6.45) is 0. The van der Waals surface area contributed by atoms with Gasteiger partial charge in [-0.3, -0.25) is 4.55 Å². The largest absolute Gasteiger partial charge is 0.744 e. The van der Waals surface area contributed by atoms with E-state index in [9.17, 15) is 167 Å². The van der Waals surface area contributed by atoms with Crippen molar-refractivity contribution in [3.8, 4) is 0 Å². The Morgan fingerprint density at radius 3 is 1.02 bits per heavy atom. The lowest BCUT2D eigenvalue weighted by atomic mass is 10.0. The van der Waals surface area contributed by atoms with E-state index in [2.05, 4.69) is 19.1 Å². The molecule has 0 aromatic heterocycles. The molecule has 11 aromatic rings. The van der Waals surface area contributed by atoms with E-state index in [-0.39, 0.29) is 44.5 Å². The number of rotatable bonds is 16. The molecular formula is C93H88O38S6-14. The Labute approximate surface area is 790 Å². The summed E-state index contributed by atoms with van der Waals surface area (Å²) < 4.78 is 190.